The van der Waals surface area contributed by atoms with E-state index in [2.05, 4.69) is 5.32 Å². The van der Waals surface area contributed by atoms with Gasteiger partial charge in [0.1, 0.15) is 6.54 Å². The molecule has 4 fully saturated rings. The van der Waals surface area contributed by atoms with Gasteiger partial charge in [0.2, 0.25) is 5.91 Å². The lowest BCUT2D eigenvalue weighted by Crippen LogP contribution is -2.48. The first-order valence-electron chi connectivity index (χ1n) is 8.61. The van der Waals surface area contributed by atoms with Gasteiger partial charge >= 0.3 is 5.97 Å². The third kappa shape index (κ3) is 3.67. The maximum atomic E-state index is 12.2. The molecule has 0 unspecified atom stereocenters. The number of carbonyl (C=O) groups is 3. The van der Waals surface area contributed by atoms with Gasteiger partial charge in [0.25, 0.3) is 5.91 Å². The minimum absolute atomic E-state index is 0.0874. The fourth-order valence-corrected chi connectivity index (χ4v) is 5.38. The topological polar surface area (TPSA) is 98.5 Å². The second kappa shape index (κ2) is 6.13. The van der Waals surface area contributed by atoms with E-state index in [0.717, 1.165) is 37.0 Å². The molecule has 0 aromatic rings. The van der Waals surface area contributed by atoms with Crippen LogP contribution >= 0.6 is 0 Å². The molecule has 0 aromatic carbocycles. The van der Waals surface area contributed by atoms with Gasteiger partial charge < -0.3 is 15.8 Å². The lowest BCUT2D eigenvalue weighted by molar-refractivity contribution is -0.153. The second-order valence-corrected chi connectivity index (χ2v) is 7.91. The number of hydrogen-bond donors (Lipinski definition) is 2. The third-order valence-corrected chi connectivity index (χ3v) is 5.84. The van der Waals surface area contributed by atoms with E-state index in [-0.39, 0.29) is 17.9 Å². The summed E-state index contributed by atoms with van der Waals surface area (Å²) < 4.78 is 4.83. The van der Waals surface area contributed by atoms with Crippen LogP contribution < -0.4 is 11.1 Å². The number of esters is 1. The summed E-state index contributed by atoms with van der Waals surface area (Å²) in [4.78, 5) is 34.7. The number of rotatable bonds is 6. The number of amides is 2. The van der Waals surface area contributed by atoms with E-state index in [1.807, 2.05) is 0 Å². The van der Waals surface area contributed by atoms with Crippen molar-refractivity contribution in [3.63, 3.8) is 0 Å². The Balaban J connectivity index is 1.46. The molecule has 4 rings (SSSR count). The average Bonchev–Trinajstić information content (AvgIpc) is 2.43. The van der Waals surface area contributed by atoms with Gasteiger partial charge in [-0.3, -0.25) is 14.4 Å². The van der Waals surface area contributed by atoms with Gasteiger partial charge in [0.05, 0.1) is 0 Å². The molecular formula is C17H26N2O4. The summed E-state index contributed by atoms with van der Waals surface area (Å²) in [6.45, 7) is 1.21. The monoisotopic (exact) mass is 322 g/mol. The maximum absolute atomic E-state index is 12.2. The smallest absolute Gasteiger partial charge is 0.326 e. The van der Waals surface area contributed by atoms with Crippen LogP contribution in [0.25, 0.3) is 0 Å². The number of primary amides is 1. The SMILES string of the molecule is C[C@H](OC(=O)CNC(=O)CC12CC3CC(CC(C3)C1)C2)C(N)=O. The van der Waals surface area contributed by atoms with Gasteiger partial charge in [-0.15, -0.1) is 0 Å². The zero-order valence-corrected chi connectivity index (χ0v) is 13.7. The van der Waals surface area contributed by atoms with Gasteiger partial charge in [0.15, 0.2) is 6.10 Å². The Labute approximate surface area is 136 Å². The Morgan fingerprint density at radius 1 is 1.13 bits per heavy atom. The molecule has 4 saturated carbocycles. The normalized spacial score (nSPS) is 35.6. The van der Waals surface area contributed by atoms with Gasteiger partial charge in [-0.05, 0) is 68.6 Å². The van der Waals surface area contributed by atoms with Crippen LogP contribution in [0, 0.1) is 23.2 Å². The van der Waals surface area contributed by atoms with Crippen molar-refractivity contribution in [1.29, 1.82) is 0 Å². The van der Waals surface area contributed by atoms with Gasteiger partial charge in [-0.25, -0.2) is 0 Å². The molecule has 128 valence electrons. The molecular weight excluding hydrogens is 296 g/mol. The summed E-state index contributed by atoms with van der Waals surface area (Å²) in [6, 6.07) is 0. The molecule has 0 heterocycles. The van der Waals surface area contributed by atoms with Crippen molar-refractivity contribution in [2.45, 2.75) is 58.0 Å². The van der Waals surface area contributed by atoms with Crippen molar-refractivity contribution in [3.8, 4) is 0 Å². The molecule has 2 amide bonds. The van der Waals surface area contributed by atoms with Crippen LogP contribution in [0.15, 0.2) is 0 Å². The van der Waals surface area contributed by atoms with E-state index < -0.39 is 18.0 Å². The molecule has 0 radical (unpaired) electrons. The van der Waals surface area contributed by atoms with E-state index in [9.17, 15) is 14.4 Å². The Morgan fingerprint density at radius 2 is 1.65 bits per heavy atom. The lowest BCUT2D eigenvalue weighted by atomic mass is 9.49. The Morgan fingerprint density at radius 3 is 2.13 bits per heavy atom. The van der Waals surface area contributed by atoms with E-state index in [4.69, 9.17) is 10.5 Å². The summed E-state index contributed by atoms with van der Waals surface area (Å²) in [5, 5.41) is 2.64. The number of hydrogen-bond acceptors (Lipinski definition) is 4. The number of nitrogens with two attached hydrogens (primary N) is 1. The van der Waals surface area contributed by atoms with Crippen LogP contribution in [0.4, 0.5) is 0 Å². The predicted molar refractivity (Wildman–Crippen MR) is 83.0 cm³/mol. The van der Waals surface area contributed by atoms with E-state index in [0.29, 0.717) is 6.42 Å². The summed E-state index contributed by atoms with van der Waals surface area (Å²) in [7, 11) is 0. The fourth-order valence-electron chi connectivity index (χ4n) is 5.38. The molecule has 3 N–H and O–H groups in total. The van der Waals surface area contributed by atoms with Gasteiger partial charge in [-0.1, -0.05) is 0 Å². The minimum Gasteiger partial charge on any atom is -0.451 e. The maximum Gasteiger partial charge on any atom is 0.326 e. The largest absolute Gasteiger partial charge is 0.451 e. The zero-order valence-electron chi connectivity index (χ0n) is 13.7. The summed E-state index contributed by atoms with van der Waals surface area (Å²) in [6.07, 6.45) is 7.06. The molecule has 0 aromatic heterocycles. The van der Waals surface area contributed by atoms with Crippen molar-refractivity contribution in [1.82, 2.24) is 5.32 Å². The molecule has 4 aliphatic rings. The highest BCUT2D eigenvalue weighted by Gasteiger charge is 2.51. The number of carbonyl (C=O) groups excluding carboxylic acids is 3. The van der Waals surface area contributed by atoms with Crippen LogP contribution in [0.2, 0.25) is 0 Å². The second-order valence-electron chi connectivity index (χ2n) is 7.91. The minimum atomic E-state index is -0.970. The van der Waals surface area contributed by atoms with Crippen molar-refractivity contribution < 1.29 is 19.1 Å². The summed E-state index contributed by atoms with van der Waals surface area (Å²) in [5.41, 5.74) is 5.19. The molecule has 23 heavy (non-hydrogen) atoms. The van der Waals surface area contributed by atoms with Gasteiger partial charge in [-0.2, -0.15) is 0 Å². The van der Waals surface area contributed by atoms with E-state index in [1.54, 1.807) is 0 Å². The van der Waals surface area contributed by atoms with Crippen molar-refractivity contribution in [2.75, 3.05) is 6.54 Å². The number of ether oxygens (including phenoxy) is 1. The van der Waals surface area contributed by atoms with Gasteiger partial charge in [0, 0.05) is 6.42 Å². The molecule has 1 atom stereocenters. The van der Waals surface area contributed by atoms with E-state index in [1.165, 1.54) is 26.2 Å². The number of nitrogens with one attached hydrogen (secondary N) is 1. The Bertz CT molecular complexity index is 481. The first-order chi connectivity index (χ1) is 10.8. The third-order valence-electron chi connectivity index (χ3n) is 5.84. The average molecular weight is 322 g/mol. The Hall–Kier alpha value is -1.59. The molecule has 6 heteroatoms. The lowest BCUT2D eigenvalue weighted by Gasteiger charge is -2.56. The highest BCUT2D eigenvalue weighted by molar-refractivity contribution is 5.85. The first-order valence-corrected chi connectivity index (χ1v) is 8.61. The van der Waals surface area contributed by atoms with Crippen LogP contribution in [-0.4, -0.2) is 30.4 Å². The fraction of sp³-hybridized carbons (Fsp3) is 0.824. The molecule has 0 aliphatic heterocycles. The van der Waals surface area contributed by atoms with Crippen molar-refractivity contribution >= 4 is 17.8 Å². The van der Waals surface area contributed by atoms with Crippen LogP contribution in [0.5, 0.6) is 0 Å². The van der Waals surface area contributed by atoms with Crippen LogP contribution in [0.3, 0.4) is 0 Å². The first kappa shape index (κ1) is 16.3. The predicted octanol–water partition coefficient (Wildman–Crippen LogP) is 1.13. The highest BCUT2D eigenvalue weighted by atomic mass is 16.5. The summed E-state index contributed by atoms with van der Waals surface area (Å²) in [5.74, 6) is 0.991. The molecule has 4 bridgehead atoms. The molecule has 0 spiro atoms. The standard InChI is InChI=1S/C17H26N2O4/c1-10(16(18)22)23-15(21)9-19-14(20)8-17-5-11-2-12(6-17)4-13(3-11)7-17/h10-13H,2-9H2,1H3,(H2,18,22)(H,19,20)/t10-,11?,12?,13?,17?/m0/s1. The molecule has 0 saturated heterocycles. The van der Waals surface area contributed by atoms with Crippen LogP contribution in [0.1, 0.15) is 51.9 Å². The summed E-state index contributed by atoms with van der Waals surface area (Å²) >= 11 is 0. The van der Waals surface area contributed by atoms with E-state index >= 15 is 0 Å². The highest BCUT2D eigenvalue weighted by Crippen LogP contribution is 2.61. The van der Waals surface area contributed by atoms with Crippen LogP contribution in [-0.2, 0) is 19.1 Å². The quantitative estimate of drug-likeness (QED) is 0.716. The van der Waals surface area contributed by atoms with Crippen molar-refractivity contribution in [3.05, 3.63) is 0 Å². The molecule has 4 aliphatic carbocycles. The molecule has 6 nitrogen and oxygen atoms in total. The van der Waals surface area contributed by atoms with Crippen molar-refractivity contribution in [2.24, 2.45) is 28.9 Å². The Kier molecular flexibility index (Phi) is 4.34. The zero-order chi connectivity index (χ0) is 16.6.